The van der Waals surface area contributed by atoms with Crippen molar-refractivity contribution in [1.29, 1.82) is 0 Å². The molecule has 1 unspecified atom stereocenters. The third-order valence-electron chi connectivity index (χ3n) is 4.74. The minimum absolute atomic E-state index is 0.0140. The SMILES string of the molecule is O=c1c(-c2ccccc2)[n+]([O-])c2ccccc2n1CC(O)COc1ccc(Cl)cc1. The first-order valence-electron chi connectivity index (χ1n) is 9.41. The van der Waals surface area contributed by atoms with Gasteiger partial charge in [-0.3, -0.25) is 9.36 Å². The van der Waals surface area contributed by atoms with Crippen LogP contribution in [0, 0.1) is 5.21 Å². The van der Waals surface area contributed by atoms with E-state index in [0.29, 0.717) is 32.1 Å². The Kier molecular flexibility index (Phi) is 5.70. The summed E-state index contributed by atoms with van der Waals surface area (Å²) in [4.78, 5) is 13.2. The number of aliphatic hydroxyl groups is 1. The van der Waals surface area contributed by atoms with Gasteiger partial charge in [0.05, 0.1) is 12.1 Å². The Hall–Kier alpha value is -3.35. The third-order valence-corrected chi connectivity index (χ3v) is 4.99. The summed E-state index contributed by atoms with van der Waals surface area (Å²) in [6.07, 6.45) is -0.965. The standard InChI is InChI=1S/C23H19ClN2O4/c24-17-10-12-19(13-11-17)30-15-18(27)14-25-20-8-4-5-9-21(20)26(29)22(23(25)28)16-6-2-1-3-7-16/h1-13,18,27H,14-15H2. The lowest BCUT2D eigenvalue weighted by molar-refractivity contribution is -0.566. The molecule has 0 aliphatic carbocycles. The maximum absolute atomic E-state index is 13.2. The molecule has 0 spiro atoms. The van der Waals surface area contributed by atoms with Crippen molar-refractivity contribution in [3.05, 3.63) is 99.4 Å². The van der Waals surface area contributed by atoms with Gasteiger partial charge in [0.2, 0.25) is 5.52 Å². The van der Waals surface area contributed by atoms with Crippen molar-refractivity contribution < 1.29 is 14.6 Å². The van der Waals surface area contributed by atoms with Crippen LogP contribution in [0.15, 0.2) is 83.7 Å². The van der Waals surface area contributed by atoms with Crippen molar-refractivity contribution in [3.63, 3.8) is 0 Å². The molecule has 0 radical (unpaired) electrons. The van der Waals surface area contributed by atoms with Crippen molar-refractivity contribution in [2.45, 2.75) is 12.6 Å². The van der Waals surface area contributed by atoms with E-state index in [4.69, 9.17) is 16.3 Å². The summed E-state index contributed by atoms with van der Waals surface area (Å²) in [5.74, 6) is 0.561. The Morgan fingerprint density at radius 1 is 1.00 bits per heavy atom. The van der Waals surface area contributed by atoms with Crippen molar-refractivity contribution >= 4 is 22.6 Å². The Balaban J connectivity index is 1.69. The predicted octanol–water partition coefficient (Wildman–Crippen LogP) is 3.40. The van der Waals surface area contributed by atoms with Crippen LogP contribution in [0.3, 0.4) is 0 Å². The zero-order chi connectivity index (χ0) is 21.1. The molecular formula is C23H19ClN2O4. The molecule has 0 aliphatic rings. The van der Waals surface area contributed by atoms with E-state index in [1.165, 1.54) is 4.57 Å². The molecular weight excluding hydrogens is 404 g/mol. The van der Waals surface area contributed by atoms with Gasteiger partial charge in [0.25, 0.3) is 5.69 Å². The van der Waals surface area contributed by atoms with Crippen LogP contribution in [0.2, 0.25) is 5.02 Å². The molecule has 0 fully saturated rings. The second-order valence-corrected chi connectivity index (χ2v) is 7.27. The molecule has 152 valence electrons. The van der Waals surface area contributed by atoms with E-state index in [9.17, 15) is 15.1 Å². The molecule has 3 aromatic carbocycles. The van der Waals surface area contributed by atoms with E-state index in [-0.39, 0.29) is 18.8 Å². The van der Waals surface area contributed by atoms with Crippen LogP contribution in [-0.2, 0) is 6.54 Å². The van der Waals surface area contributed by atoms with Crippen LogP contribution in [0.4, 0.5) is 0 Å². The van der Waals surface area contributed by atoms with Crippen LogP contribution >= 0.6 is 11.6 Å². The molecule has 0 bridgehead atoms. The van der Waals surface area contributed by atoms with Gasteiger partial charge in [-0.1, -0.05) is 41.9 Å². The van der Waals surface area contributed by atoms with Gasteiger partial charge in [-0.2, -0.15) is 4.73 Å². The van der Waals surface area contributed by atoms with E-state index >= 15 is 0 Å². The summed E-state index contributed by atoms with van der Waals surface area (Å²) in [7, 11) is 0. The average molecular weight is 423 g/mol. The quantitative estimate of drug-likeness (QED) is 0.381. The number of nitrogens with zero attached hydrogens (tertiary/aromatic N) is 2. The lowest BCUT2D eigenvalue weighted by atomic mass is 10.1. The molecule has 1 N–H and O–H groups in total. The van der Waals surface area contributed by atoms with Gasteiger partial charge in [-0.05, 0) is 42.5 Å². The van der Waals surface area contributed by atoms with Gasteiger partial charge in [0.1, 0.15) is 24.0 Å². The number of para-hydroxylation sites is 2. The number of fused-ring (bicyclic) bond motifs is 1. The summed E-state index contributed by atoms with van der Waals surface area (Å²) in [5, 5.41) is 24.1. The average Bonchev–Trinajstić information content (AvgIpc) is 2.77. The largest absolute Gasteiger partial charge is 0.618 e. The molecule has 1 heterocycles. The molecule has 6 nitrogen and oxygen atoms in total. The summed E-state index contributed by atoms with van der Waals surface area (Å²) in [6, 6.07) is 22.4. The first-order valence-corrected chi connectivity index (χ1v) is 9.79. The van der Waals surface area contributed by atoms with Crippen molar-refractivity contribution in [2.24, 2.45) is 0 Å². The van der Waals surface area contributed by atoms with Crippen LogP contribution < -0.4 is 15.0 Å². The van der Waals surface area contributed by atoms with Crippen molar-refractivity contribution in [1.82, 2.24) is 4.57 Å². The molecule has 7 heteroatoms. The maximum Gasteiger partial charge on any atom is 0.325 e. The van der Waals surface area contributed by atoms with E-state index < -0.39 is 11.7 Å². The predicted molar refractivity (Wildman–Crippen MR) is 116 cm³/mol. The smallest absolute Gasteiger partial charge is 0.325 e. The van der Waals surface area contributed by atoms with Crippen LogP contribution in [0.25, 0.3) is 22.3 Å². The topological polar surface area (TPSA) is 78.4 Å². The molecule has 4 aromatic rings. The zero-order valence-corrected chi connectivity index (χ0v) is 16.7. The van der Waals surface area contributed by atoms with E-state index in [1.807, 2.05) is 6.07 Å². The minimum atomic E-state index is -0.965. The number of aliphatic hydroxyl groups excluding tert-OH is 1. The minimum Gasteiger partial charge on any atom is -0.618 e. The monoisotopic (exact) mass is 422 g/mol. The molecule has 30 heavy (non-hydrogen) atoms. The van der Waals surface area contributed by atoms with Gasteiger partial charge >= 0.3 is 5.56 Å². The lowest BCUT2D eigenvalue weighted by Gasteiger charge is -2.17. The number of rotatable bonds is 6. The van der Waals surface area contributed by atoms with Gasteiger partial charge in [-0.25, -0.2) is 0 Å². The van der Waals surface area contributed by atoms with Crippen molar-refractivity contribution in [3.8, 4) is 17.0 Å². The van der Waals surface area contributed by atoms with E-state index in [2.05, 4.69) is 0 Å². The van der Waals surface area contributed by atoms with E-state index in [1.54, 1.807) is 72.8 Å². The molecule has 4 rings (SSSR count). The van der Waals surface area contributed by atoms with E-state index in [0.717, 1.165) is 0 Å². The third kappa shape index (κ3) is 4.01. The maximum atomic E-state index is 13.2. The molecule has 0 amide bonds. The van der Waals surface area contributed by atoms with Crippen LogP contribution in [0.1, 0.15) is 0 Å². The molecule has 1 aromatic heterocycles. The summed E-state index contributed by atoms with van der Waals surface area (Å²) in [5.41, 5.74) is 0.856. The highest BCUT2D eigenvalue weighted by atomic mass is 35.5. The second-order valence-electron chi connectivity index (χ2n) is 6.83. The van der Waals surface area contributed by atoms with Gasteiger partial charge < -0.3 is 15.1 Å². The van der Waals surface area contributed by atoms with Gasteiger partial charge in [0.15, 0.2) is 0 Å². The Morgan fingerprint density at radius 2 is 1.67 bits per heavy atom. The summed E-state index contributed by atoms with van der Waals surface area (Å²) in [6.45, 7) is -0.0387. The number of aromatic nitrogens is 2. The number of ether oxygens (including phenoxy) is 1. The number of hydrogen-bond donors (Lipinski definition) is 1. The number of benzene rings is 3. The fourth-order valence-corrected chi connectivity index (χ4v) is 3.44. The van der Waals surface area contributed by atoms with Gasteiger partial charge in [-0.15, -0.1) is 0 Å². The molecule has 1 atom stereocenters. The Morgan fingerprint density at radius 3 is 2.40 bits per heavy atom. The van der Waals surface area contributed by atoms with Crippen LogP contribution in [-0.4, -0.2) is 22.4 Å². The Bertz CT molecular complexity index is 1220. The molecule has 0 saturated carbocycles. The fraction of sp³-hybridized carbons (Fsp3) is 0.130. The molecule has 0 aliphatic heterocycles. The fourth-order valence-electron chi connectivity index (χ4n) is 3.31. The first-order chi connectivity index (χ1) is 14.5. The van der Waals surface area contributed by atoms with Crippen molar-refractivity contribution in [2.75, 3.05) is 6.61 Å². The van der Waals surface area contributed by atoms with Crippen LogP contribution in [0.5, 0.6) is 5.75 Å². The Labute approximate surface area is 177 Å². The zero-order valence-electron chi connectivity index (χ0n) is 15.9. The summed E-state index contributed by atoms with van der Waals surface area (Å²) < 4.78 is 7.67. The summed E-state index contributed by atoms with van der Waals surface area (Å²) >= 11 is 5.86. The normalized spacial score (nSPS) is 12.1. The number of halogens is 1. The lowest BCUT2D eigenvalue weighted by Crippen LogP contribution is -2.42. The first kappa shape index (κ1) is 19.9. The van der Waals surface area contributed by atoms with Gasteiger partial charge in [0, 0.05) is 11.1 Å². The highest BCUT2D eigenvalue weighted by molar-refractivity contribution is 6.30. The second kappa shape index (κ2) is 8.57. The molecule has 0 saturated heterocycles. The number of hydrogen-bond acceptors (Lipinski definition) is 4. The highest BCUT2D eigenvalue weighted by Gasteiger charge is 2.23. The highest BCUT2D eigenvalue weighted by Crippen LogP contribution is 2.18.